The van der Waals surface area contributed by atoms with Crippen LogP contribution in [0.15, 0.2) is 48.5 Å². The lowest BCUT2D eigenvalue weighted by atomic mass is 9.81. The van der Waals surface area contributed by atoms with E-state index in [2.05, 4.69) is 11.4 Å². The normalized spacial score (nSPS) is 19.8. The van der Waals surface area contributed by atoms with Gasteiger partial charge in [-0.25, -0.2) is 4.79 Å². The molecule has 2 aromatic rings. The lowest BCUT2D eigenvalue weighted by molar-refractivity contribution is -0.145. The van der Waals surface area contributed by atoms with Crippen molar-refractivity contribution in [2.75, 3.05) is 19.8 Å². The van der Waals surface area contributed by atoms with E-state index in [4.69, 9.17) is 21.1 Å². The summed E-state index contributed by atoms with van der Waals surface area (Å²) in [4.78, 5) is 11.5. The van der Waals surface area contributed by atoms with Crippen molar-refractivity contribution in [1.82, 2.24) is 5.32 Å². The van der Waals surface area contributed by atoms with Gasteiger partial charge < -0.3 is 19.9 Å². The molecule has 2 N–H and O–H groups in total. The Balaban J connectivity index is 1.53. The van der Waals surface area contributed by atoms with Crippen LogP contribution >= 0.6 is 11.6 Å². The first-order valence-electron chi connectivity index (χ1n) is 10.6. The summed E-state index contributed by atoms with van der Waals surface area (Å²) in [6, 6.07) is 15.7. The first-order valence-corrected chi connectivity index (χ1v) is 11.0. The largest absolute Gasteiger partial charge is 0.482 e. The topological polar surface area (TPSA) is 67.8 Å². The number of carbonyl (C=O) groups is 1. The molecule has 0 saturated heterocycles. The van der Waals surface area contributed by atoms with Gasteiger partial charge in [0.25, 0.3) is 0 Å². The van der Waals surface area contributed by atoms with Crippen molar-refractivity contribution in [2.45, 2.75) is 50.7 Å². The van der Waals surface area contributed by atoms with Gasteiger partial charge in [-0.2, -0.15) is 0 Å². The highest BCUT2D eigenvalue weighted by molar-refractivity contribution is 6.30. The minimum Gasteiger partial charge on any atom is -0.482 e. The van der Waals surface area contributed by atoms with Gasteiger partial charge in [-0.05, 0) is 67.5 Å². The second-order valence-corrected chi connectivity index (χ2v) is 8.14. The highest BCUT2D eigenvalue weighted by Gasteiger charge is 2.24. The molecule has 0 amide bonds. The van der Waals surface area contributed by atoms with Crippen LogP contribution in [0, 0.1) is 0 Å². The van der Waals surface area contributed by atoms with Crippen LogP contribution in [0.5, 0.6) is 5.75 Å². The molecule has 0 spiro atoms. The number of aliphatic hydroxyl groups excluding tert-OH is 1. The smallest absolute Gasteiger partial charge is 0.344 e. The first kappa shape index (κ1) is 22.6. The van der Waals surface area contributed by atoms with E-state index in [0.29, 0.717) is 35.9 Å². The highest BCUT2D eigenvalue weighted by atomic mass is 35.5. The number of benzene rings is 2. The number of carbonyl (C=O) groups excluding carboxylic acids is 1. The predicted molar refractivity (Wildman–Crippen MR) is 118 cm³/mol. The summed E-state index contributed by atoms with van der Waals surface area (Å²) in [7, 11) is 0. The molecule has 30 heavy (non-hydrogen) atoms. The van der Waals surface area contributed by atoms with Crippen molar-refractivity contribution >= 4 is 17.6 Å². The van der Waals surface area contributed by atoms with E-state index in [1.54, 1.807) is 13.0 Å². The van der Waals surface area contributed by atoms with E-state index in [1.165, 1.54) is 5.56 Å². The molecule has 3 atom stereocenters. The van der Waals surface area contributed by atoms with Crippen LogP contribution in [0.3, 0.4) is 0 Å². The third-order valence-corrected chi connectivity index (χ3v) is 5.73. The molecule has 5 nitrogen and oxygen atoms in total. The minimum atomic E-state index is -0.580. The fraction of sp³-hybridized carbons (Fsp3) is 0.458. The quantitative estimate of drug-likeness (QED) is 0.566. The summed E-state index contributed by atoms with van der Waals surface area (Å²) in [6.45, 7) is 2.55. The summed E-state index contributed by atoms with van der Waals surface area (Å²) in [6.07, 6.45) is 3.77. The Labute approximate surface area is 183 Å². The lowest BCUT2D eigenvalue weighted by Gasteiger charge is -2.31. The first-order chi connectivity index (χ1) is 14.5. The molecule has 0 radical (unpaired) electrons. The summed E-state index contributed by atoms with van der Waals surface area (Å²) < 4.78 is 10.5. The van der Waals surface area contributed by atoms with Crippen LogP contribution in [0.25, 0.3) is 0 Å². The molecule has 0 bridgehead atoms. The molecule has 162 valence electrons. The average molecular weight is 432 g/mol. The van der Waals surface area contributed by atoms with Gasteiger partial charge in [0.15, 0.2) is 6.61 Å². The fourth-order valence-corrected chi connectivity index (χ4v) is 4.19. The van der Waals surface area contributed by atoms with Gasteiger partial charge in [0.2, 0.25) is 0 Å². The Hall–Kier alpha value is -2.08. The third kappa shape index (κ3) is 6.73. The SMILES string of the molecule is CCOC(=O)COc1cccc([C@@H]2CCC[C@@H](NCC(O)c3cccc(Cl)c3)C2)c1. The molecular weight excluding hydrogens is 402 g/mol. The maximum atomic E-state index is 11.5. The molecule has 2 aromatic carbocycles. The predicted octanol–water partition coefficient (Wildman–Crippen LogP) is 4.63. The van der Waals surface area contributed by atoms with E-state index in [9.17, 15) is 9.90 Å². The maximum absolute atomic E-state index is 11.5. The van der Waals surface area contributed by atoms with Crippen LogP contribution in [-0.4, -0.2) is 36.9 Å². The van der Waals surface area contributed by atoms with Gasteiger partial charge in [0, 0.05) is 17.6 Å². The number of halogens is 1. The Morgan fingerprint density at radius 2 is 2.07 bits per heavy atom. The van der Waals surface area contributed by atoms with Crippen LogP contribution in [0.2, 0.25) is 5.02 Å². The zero-order valence-electron chi connectivity index (χ0n) is 17.4. The Bertz CT molecular complexity index is 828. The molecule has 1 aliphatic rings. The van der Waals surface area contributed by atoms with Gasteiger partial charge >= 0.3 is 5.97 Å². The second kappa shape index (κ2) is 11.3. The zero-order chi connectivity index (χ0) is 21.3. The number of hydrogen-bond donors (Lipinski definition) is 2. The van der Waals surface area contributed by atoms with Gasteiger partial charge in [0.05, 0.1) is 12.7 Å². The lowest BCUT2D eigenvalue weighted by Crippen LogP contribution is -2.36. The standard InChI is InChI=1S/C24H30ClNO4/c1-2-29-24(28)16-30-22-11-5-7-18(14-22)17-6-4-10-21(13-17)26-15-23(27)19-8-3-9-20(25)12-19/h3,5,7-9,11-12,14,17,21,23,26-27H,2,4,6,10,13,15-16H2,1H3/t17-,21-,23?/m1/s1. The number of esters is 1. The van der Waals surface area contributed by atoms with Crippen LogP contribution in [0.1, 0.15) is 55.8 Å². The molecule has 1 fully saturated rings. The van der Waals surface area contributed by atoms with E-state index in [-0.39, 0.29) is 12.6 Å². The molecule has 3 rings (SSSR count). The van der Waals surface area contributed by atoms with Crippen molar-refractivity contribution in [3.8, 4) is 5.75 Å². The van der Waals surface area contributed by atoms with Gasteiger partial charge in [-0.1, -0.05) is 42.3 Å². The second-order valence-electron chi connectivity index (χ2n) is 7.71. The van der Waals surface area contributed by atoms with Crippen LogP contribution in [0.4, 0.5) is 0 Å². The van der Waals surface area contributed by atoms with Crippen LogP contribution in [-0.2, 0) is 9.53 Å². The monoisotopic (exact) mass is 431 g/mol. The molecular formula is C24H30ClNO4. The zero-order valence-corrected chi connectivity index (χ0v) is 18.1. The van der Waals surface area contributed by atoms with E-state index in [1.807, 2.05) is 36.4 Å². The number of nitrogens with one attached hydrogen (secondary N) is 1. The Kier molecular flexibility index (Phi) is 8.55. The molecule has 0 heterocycles. The Morgan fingerprint density at radius 1 is 1.23 bits per heavy atom. The maximum Gasteiger partial charge on any atom is 0.344 e. The summed E-state index contributed by atoms with van der Waals surface area (Å²) >= 11 is 6.03. The molecule has 1 unspecified atom stereocenters. The number of rotatable bonds is 9. The van der Waals surface area contributed by atoms with Gasteiger partial charge in [-0.3, -0.25) is 0 Å². The van der Waals surface area contributed by atoms with Crippen molar-refractivity contribution in [1.29, 1.82) is 0 Å². The number of aliphatic hydroxyl groups is 1. The molecule has 0 aliphatic heterocycles. The number of hydrogen-bond acceptors (Lipinski definition) is 5. The summed E-state index contributed by atoms with van der Waals surface area (Å²) in [5.41, 5.74) is 2.05. The average Bonchev–Trinajstić information content (AvgIpc) is 2.77. The van der Waals surface area contributed by atoms with Gasteiger partial charge in [0.1, 0.15) is 5.75 Å². The molecule has 1 aliphatic carbocycles. The minimum absolute atomic E-state index is 0.0759. The third-order valence-electron chi connectivity index (χ3n) is 5.50. The van der Waals surface area contributed by atoms with E-state index in [0.717, 1.165) is 31.2 Å². The Morgan fingerprint density at radius 3 is 2.87 bits per heavy atom. The van der Waals surface area contributed by atoms with Crippen molar-refractivity contribution in [2.24, 2.45) is 0 Å². The van der Waals surface area contributed by atoms with Crippen molar-refractivity contribution in [3.63, 3.8) is 0 Å². The molecule has 0 aromatic heterocycles. The summed E-state index contributed by atoms with van der Waals surface area (Å²) in [5, 5.41) is 14.6. The van der Waals surface area contributed by atoms with Crippen molar-refractivity contribution < 1.29 is 19.4 Å². The highest BCUT2D eigenvalue weighted by Crippen LogP contribution is 2.34. The fourth-order valence-electron chi connectivity index (χ4n) is 3.99. The van der Waals surface area contributed by atoms with E-state index < -0.39 is 6.10 Å². The number of ether oxygens (including phenoxy) is 2. The molecule has 1 saturated carbocycles. The summed E-state index contributed by atoms with van der Waals surface area (Å²) in [5.74, 6) is 0.751. The van der Waals surface area contributed by atoms with Crippen molar-refractivity contribution in [3.05, 3.63) is 64.7 Å². The van der Waals surface area contributed by atoms with Gasteiger partial charge in [-0.15, -0.1) is 0 Å². The molecule has 6 heteroatoms. The van der Waals surface area contributed by atoms with Crippen LogP contribution < -0.4 is 10.1 Å². The van der Waals surface area contributed by atoms with E-state index >= 15 is 0 Å².